The predicted octanol–water partition coefficient (Wildman–Crippen LogP) is 3.63. The van der Waals surface area contributed by atoms with Crippen LogP contribution in [0.1, 0.15) is 12.8 Å². The first-order valence-corrected chi connectivity index (χ1v) is 13.1. The van der Waals surface area contributed by atoms with Crippen LogP contribution in [0.25, 0.3) is 16.9 Å². The summed E-state index contributed by atoms with van der Waals surface area (Å²) in [4.78, 5) is 3.96. The molecule has 1 unspecified atom stereocenters. The second-order valence-electron chi connectivity index (χ2n) is 8.67. The van der Waals surface area contributed by atoms with Crippen molar-refractivity contribution < 1.29 is 17.2 Å². The van der Waals surface area contributed by atoms with Crippen molar-refractivity contribution in [3.8, 4) is 11.3 Å². The standard InChI is InChI=1S/C24H21BClF2N5O2S/c25-18-13-30-33-23(11-21(31-24(18)33)17-5-1-2-6-19(17)26)29-12-15-4-3-9-32(14-15)36(34,35)22-10-16(27)7-8-20(22)28/h1-2,5-8,10-11,13,15,29H,3-4,9,12,14H2. The van der Waals surface area contributed by atoms with E-state index in [9.17, 15) is 17.2 Å². The fourth-order valence-corrected chi connectivity index (χ4v) is 6.25. The molecule has 2 radical (unpaired) electrons. The third-order valence-electron chi connectivity index (χ3n) is 6.21. The summed E-state index contributed by atoms with van der Waals surface area (Å²) in [5.41, 5.74) is 2.21. The Morgan fingerprint density at radius 2 is 1.97 bits per heavy atom. The minimum Gasteiger partial charge on any atom is -0.370 e. The molecule has 2 aromatic heterocycles. The number of nitrogens with one attached hydrogen (secondary N) is 1. The van der Waals surface area contributed by atoms with E-state index in [0.717, 1.165) is 30.2 Å². The van der Waals surface area contributed by atoms with Crippen LogP contribution in [0.4, 0.5) is 14.6 Å². The molecule has 4 aromatic rings. The van der Waals surface area contributed by atoms with Crippen LogP contribution in [0.2, 0.25) is 5.02 Å². The maximum absolute atomic E-state index is 14.2. The summed E-state index contributed by atoms with van der Waals surface area (Å²) in [5, 5.41) is 8.18. The Hall–Kier alpha value is -3.02. The fraction of sp³-hybridized carbons (Fsp3) is 0.250. The smallest absolute Gasteiger partial charge is 0.246 e. The number of benzene rings is 2. The van der Waals surface area contributed by atoms with Crippen LogP contribution >= 0.6 is 11.6 Å². The van der Waals surface area contributed by atoms with E-state index in [1.165, 1.54) is 10.5 Å². The number of rotatable bonds is 6. The number of hydrogen-bond acceptors (Lipinski definition) is 5. The van der Waals surface area contributed by atoms with Gasteiger partial charge in [-0.2, -0.15) is 13.9 Å². The molecule has 36 heavy (non-hydrogen) atoms. The van der Waals surface area contributed by atoms with Crippen molar-refractivity contribution in [3.63, 3.8) is 0 Å². The zero-order valence-corrected chi connectivity index (χ0v) is 20.6. The summed E-state index contributed by atoms with van der Waals surface area (Å²) in [6.45, 7) is 0.817. The highest BCUT2D eigenvalue weighted by molar-refractivity contribution is 7.89. The van der Waals surface area contributed by atoms with Gasteiger partial charge in [-0.3, -0.25) is 0 Å². The maximum Gasteiger partial charge on any atom is 0.246 e. The second kappa shape index (κ2) is 9.80. The van der Waals surface area contributed by atoms with Gasteiger partial charge in [0.1, 0.15) is 30.2 Å². The van der Waals surface area contributed by atoms with Crippen molar-refractivity contribution in [2.75, 3.05) is 25.0 Å². The number of sulfonamides is 1. The van der Waals surface area contributed by atoms with Crippen LogP contribution in [-0.2, 0) is 10.0 Å². The Kier molecular flexibility index (Phi) is 6.71. The average Bonchev–Trinajstić information content (AvgIpc) is 3.25. The third-order valence-corrected chi connectivity index (χ3v) is 8.42. The van der Waals surface area contributed by atoms with Crippen molar-refractivity contribution in [2.45, 2.75) is 17.7 Å². The number of anilines is 1. The number of halogens is 3. The summed E-state index contributed by atoms with van der Waals surface area (Å²) >= 11 is 6.38. The monoisotopic (exact) mass is 527 g/mol. The molecule has 1 atom stereocenters. The van der Waals surface area contributed by atoms with Gasteiger partial charge >= 0.3 is 0 Å². The first-order valence-electron chi connectivity index (χ1n) is 11.3. The summed E-state index contributed by atoms with van der Waals surface area (Å²) in [5.74, 6) is -1.24. The van der Waals surface area contributed by atoms with Crippen molar-refractivity contribution in [1.82, 2.24) is 18.9 Å². The molecule has 0 saturated carbocycles. The highest BCUT2D eigenvalue weighted by Crippen LogP contribution is 2.29. The van der Waals surface area contributed by atoms with Gasteiger partial charge in [0.25, 0.3) is 0 Å². The van der Waals surface area contributed by atoms with E-state index in [2.05, 4.69) is 15.4 Å². The molecule has 1 saturated heterocycles. The van der Waals surface area contributed by atoms with E-state index in [1.807, 2.05) is 18.2 Å². The molecular formula is C24H21BClF2N5O2S. The lowest BCUT2D eigenvalue weighted by Crippen LogP contribution is -2.42. The van der Waals surface area contributed by atoms with E-state index in [-0.39, 0.29) is 19.0 Å². The number of fused-ring (bicyclic) bond motifs is 1. The summed E-state index contributed by atoms with van der Waals surface area (Å²) in [6, 6.07) is 11.6. The summed E-state index contributed by atoms with van der Waals surface area (Å²) in [7, 11) is 1.90. The molecule has 1 N–H and O–H groups in total. The van der Waals surface area contributed by atoms with E-state index in [4.69, 9.17) is 19.4 Å². The van der Waals surface area contributed by atoms with Crippen LogP contribution < -0.4 is 10.8 Å². The topological polar surface area (TPSA) is 79.6 Å². The molecule has 0 bridgehead atoms. The largest absolute Gasteiger partial charge is 0.370 e. The van der Waals surface area contributed by atoms with Gasteiger partial charge in [-0.25, -0.2) is 22.2 Å². The zero-order chi connectivity index (χ0) is 25.4. The van der Waals surface area contributed by atoms with Gasteiger partial charge in [0, 0.05) is 42.5 Å². The lowest BCUT2D eigenvalue weighted by molar-refractivity contribution is 0.274. The Morgan fingerprint density at radius 1 is 1.17 bits per heavy atom. The molecule has 184 valence electrons. The van der Waals surface area contributed by atoms with Crippen molar-refractivity contribution >= 4 is 46.4 Å². The minimum absolute atomic E-state index is 0.0787. The van der Waals surface area contributed by atoms with Gasteiger partial charge < -0.3 is 5.32 Å². The molecule has 12 heteroatoms. The van der Waals surface area contributed by atoms with Crippen molar-refractivity contribution in [1.29, 1.82) is 0 Å². The highest BCUT2D eigenvalue weighted by Gasteiger charge is 2.32. The molecule has 1 aliphatic rings. The second-order valence-corrected chi connectivity index (χ2v) is 11.0. The summed E-state index contributed by atoms with van der Waals surface area (Å²) in [6.07, 6.45) is 2.86. The van der Waals surface area contributed by atoms with E-state index in [1.54, 1.807) is 16.6 Å². The number of nitrogens with zero attached hydrogens (tertiary/aromatic N) is 4. The molecule has 2 aromatic carbocycles. The van der Waals surface area contributed by atoms with Gasteiger partial charge in [-0.15, -0.1) is 0 Å². The van der Waals surface area contributed by atoms with Gasteiger partial charge in [0.15, 0.2) is 5.65 Å². The first-order chi connectivity index (χ1) is 17.2. The van der Waals surface area contributed by atoms with Crippen molar-refractivity contribution in [2.24, 2.45) is 5.92 Å². The number of aromatic nitrogens is 3. The van der Waals surface area contributed by atoms with Gasteiger partial charge in [-0.1, -0.05) is 29.8 Å². The SMILES string of the molecule is [B]c1cnn2c(NCC3CCCN(S(=O)(=O)c4cc(F)ccc4F)C3)cc(-c3ccccc3Cl)nc12. The van der Waals surface area contributed by atoms with E-state index < -0.39 is 26.6 Å². The molecule has 0 spiro atoms. The normalized spacial score (nSPS) is 16.9. The molecule has 1 aliphatic heterocycles. The van der Waals surface area contributed by atoms with Crippen LogP contribution in [0.3, 0.4) is 0 Å². The fourth-order valence-electron chi connectivity index (χ4n) is 4.39. The average molecular weight is 528 g/mol. The molecular weight excluding hydrogens is 507 g/mol. The van der Waals surface area contributed by atoms with Crippen LogP contribution in [-0.4, -0.2) is 54.8 Å². The van der Waals surface area contributed by atoms with Gasteiger partial charge in [-0.05, 0) is 48.5 Å². The van der Waals surface area contributed by atoms with Gasteiger partial charge in [0.2, 0.25) is 10.0 Å². The quantitative estimate of drug-likeness (QED) is 0.388. The Labute approximate surface area is 213 Å². The van der Waals surface area contributed by atoms with E-state index >= 15 is 0 Å². The minimum atomic E-state index is -4.18. The lowest BCUT2D eigenvalue weighted by Gasteiger charge is -2.32. The molecule has 7 nitrogen and oxygen atoms in total. The van der Waals surface area contributed by atoms with Crippen LogP contribution in [0.15, 0.2) is 59.6 Å². The van der Waals surface area contributed by atoms with E-state index in [0.29, 0.717) is 40.6 Å². The molecule has 0 amide bonds. The Balaban J connectivity index is 1.39. The van der Waals surface area contributed by atoms with Gasteiger partial charge in [0.05, 0.1) is 5.69 Å². The highest BCUT2D eigenvalue weighted by atomic mass is 35.5. The van der Waals surface area contributed by atoms with Crippen LogP contribution in [0, 0.1) is 17.6 Å². The lowest BCUT2D eigenvalue weighted by atomic mass is 9.99. The molecule has 3 heterocycles. The molecule has 5 rings (SSSR count). The Morgan fingerprint density at radius 3 is 2.78 bits per heavy atom. The zero-order valence-electron chi connectivity index (χ0n) is 19.0. The number of hydrogen-bond donors (Lipinski definition) is 1. The number of piperidine rings is 1. The summed E-state index contributed by atoms with van der Waals surface area (Å²) < 4.78 is 56.7. The predicted molar refractivity (Wildman–Crippen MR) is 135 cm³/mol. The third kappa shape index (κ3) is 4.70. The van der Waals surface area contributed by atoms with Crippen molar-refractivity contribution in [3.05, 3.63) is 71.4 Å². The molecule has 0 aliphatic carbocycles. The molecule has 1 fully saturated rings. The maximum atomic E-state index is 14.2. The van der Waals surface area contributed by atoms with Crippen LogP contribution in [0.5, 0.6) is 0 Å². The first kappa shape index (κ1) is 24.7. The Bertz CT molecular complexity index is 1550.